The fourth-order valence-corrected chi connectivity index (χ4v) is 1.12. The number of pyridine rings is 1. The lowest BCUT2D eigenvalue weighted by Gasteiger charge is -2.11. The lowest BCUT2D eigenvalue weighted by molar-refractivity contribution is -0.386. The first kappa shape index (κ1) is 14.1. The molecule has 1 heterocycles. The quantitative estimate of drug-likeness (QED) is 0.481. The van der Waals surface area contributed by atoms with Crippen molar-refractivity contribution in [3.8, 4) is 5.88 Å². The van der Waals surface area contributed by atoms with Crippen LogP contribution in [0.2, 0.25) is 0 Å². The lowest BCUT2D eigenvalue weighted by Crippen LogP contribution is -2.19. The molecular formula is C8H5F5N2O3. The molecule has 0 amide bonds. The van der Waals surface area contributed by atoms with E-state index in [9.17, 15) is 32.1 Å². The summed E-state index contributed by atoms with van der Waals surface area (Å²) in [6, 6.07) is 0.551. The first-order chi connectivity index (χ1) is 8.11. The molecule has 18 heavy (non-hydrogen) atoms. The van der Waals surface area contributed by atoms with Crippen molar-refractivity contribution in [2.45, 2.75) is 19.7 Å². The molecule has 0 saturated heterocycles. The minimum Gasteiger partial charge on any atom is -0.388 e. The summed E-state index contributed by atoms with van der Waals surface area (Å²) in [4.78, 5) is 12.1. The molecule has 0 saturated carbocycles. The summed E-state index contributed by atoms with van der Waals surface area (Å²) in [5.74, 6) is -1.14. The fraction of sp³-hybridized carbons (Fsp3) is 0.375. The summed E-state index contributed by atoms with van der Waals surface area (Å²) >= 11 is 0. The van der Waals surface area contributed by atoms with Gasteiger partial charge in [0.15, 0.2) is 5.69 Å². The minimum atomic E-state index is -5.12. The van der Waals surface area contributed by atoms with Gasteiger partial charge in [-0.25, -0.2) is 13.8 Å². The van der Waals surface area contributed by atoms with Crippen LogP contribution >= 0.6 is 0 Å². The highest BCUT2D eigenvalue weighted by Gasteiger charge is 2.34. The molecule has 1 aromatic rings. The second-order valence-electron chi connectivity index (χ2n) is 3.12. The predicted molar refractivity (Wildman–Crippen MR) is 47.3 cm³/mol. The van der Waals surface area contributed by atoms with E-state index >= 15 is 0 Å². The molecule has 100 valence electrons. The van der Waals surface area contributed by atoms with E-state index in [-0.39, 0.29) is 5.56 Å². The summed E-state index contributed by atoms with van der Waals surface area (Å²) in [7, 11) is 0. The van der Waals surface area contributed by atoms with Crippen LogP contribution in [0.4, 0.5) is 27.6 Å². The maximum Gasteiger partial charge on any atom is 0.574 e. The largest absolute Gasteiger partial charge is 0.574 e. The number of rotatable bonds is 3. The van der Waals surface area contributed by atoms with Crippen LogP contribution in [0.3, 0.4) is 0 Å². The van der Waals surface area contributed by atoms with Crippen LogP contribution in [0.15, 0.2) is 6.07 Å². The van der Waals surface area contributed by atoms with E-state index in [1.165, 1.54) is 0 Å². The molecule has 1 aromatic heterocycles. The highest BCUT2D eigenvalue weighted by atomic mass is 19.4. The minimum absolute atomic E-state index is 0.372. The van der Waals surface area contributed by atoms with Gasteiger partial charge in [0.1, 0.15) is 0 Å². The number of aryl methyl sites for hydroxylation is 1. The molecule has 0 aliphatic carbocycles. The number of halogens is 5. The Hall–Kier alpha value is -2.00. The van der Waals surface area contributed by atoms with Gasteiger partial charge < -0.3 is 4.74 Å². The first-order valence-electron chi connectivity index (χ1n) is 4.31. The number of nitro groups is 1. The average molecular weight is 272 g/mol. The van der Waals surface area contributed by atoms with E-state index < -0.39 is 35.0 Å². The van der Waals surface area contributed by atoms with Crippen molar-refractivity contribution >= 4 is 5.69 Å². The lowest BCUT2D eigenvalue weighted by atomic mass is 10.2. The second kappa shape index (κ2) is 4.70. The van der Waals surface area contributed by atoms with Crippen molar-refractivity contribution in [3.63, 3.8) is 0 Å². The van der Waals surface area contributed by atoms with E-state index in [1.807, 2.05) is 0 Å². The normalized spacial score (nSPS) is 11.7. The Labute approximate surface area is 96.3 Å². The van der Waals surface area contributed by atoms with Gasteiger partial charge in [-0.15, -0.1) is 13.2 Å². The fourth-order valence-electron chi connectivity index (χ4n) is 1.12. The number of ether oxygens (including phenoxy) is 1. The number of alkyl halides is 5. The Balaban J connectivity index is 3.32. The van der Waals surface area contributed by atoms with Gasteiger partial charge in [0.2, 0.25) is 5.88 Å². The standard InChI is InChI=1S/C8H5F5N2O3/c1-3-2-4(15(16)17)5(6(9)10)14-7(3)18-8(11,12)13/h2,6H,1H3. The molecule has 0 radical (unpaired) electrons. The van der Waals surface area contributed by atoms with Crippen LogP contribution in [0.1, 0.15) is 17.7 Å². The zero-order chi connectivity index (χ0) is 14.1. The van der Waals surface area contributed by atoms with Crippen LogP contribution in [0.25, 0.3) is 0 Å². The van der Waals surface area contributed by atoms with E-state index in [1.54, 1.807) is 0 Å². The van der Waals surface area contributed by atoms with Crippen molar-refractivity contribution in [2.24, 2.45) is 0 Å². The summed E-state index contributed by atoms with van der Waals surface area (Å²) in [6.45, 7) is 1.02. The van der Waals surface area contributed by atoms with E-state index in [0.717, 1.165) is 6.92 Å². The number of aromatic nitrogens is 1. The van der Waals surface area contributed by atoms with E-state index in [0.29, 0.717) is 6.07 Å². The van der Waals surface area contributed by atoms with Gasteiger partial charge >= 0.3 is 6.36 Å². The SMILES string of the molecule is Cc1cc([N+](=O)[O-])c(C(F)F)nc1OC(F)(F)F. The Morgan fingerprint density at radius 1 is 1.44 bits per heavy atom. The average Bonchev–Trinajstić information content (AvgIpc) is 2.17. The molecular weight excluding hydrogens is 267 g/mol. The van der Waals surface area contributed by atoms with Crippen molar-refractivity contribution < 1.29 is 31.6 Å². The summed E-state index contributed by atoms with van der Waals surface area (Å²) < 4.78 is 64.0. The summed E-state index contributed by atoms with van der Waals surface area (Å²) in [5.41, 5.74) is -2.80. The van der Waals surface area contributed by atoms with Crippen molar-refractivity contribution in [3.05, 3.63) is 27.4 Å². The molecule has 1 rings (SSSR count). The third-order valence-corrected chi connectivity index (χ3v) is 1.79. The molecule has 5 nitrogen and oxygen atoms in total. The highest BCUT2D eigenvalue weighted by molar-refractivity contribution is 5.43. The Bertz CT molecular complexity index is 475. The van der Waals surface area contributed by atoms with Crippen LogP contribution in [-0.2, 0) is 0 Å². The molecule has 0 fully saturated rings. The Morgan fingerprint density at radius 3 is 2.39 bits per heavy atom. The van der Waals surface area contributed by atoms with Crippen molar-refractivity contribution in [1.82, 2.24) is 4.98 Å². The van der Waals surface area contributed by atoms with Crippen molar-refractivity contribution in [2.75, 3.05) is 0 Å². The smallest absolute Gasteiger partial charge is 0.388 e. The molecule has 0 aliphatic rings. The highest BCUT2D eigenvalue weighted by Crippen LogP contribution is 2.33. The predicted octanol–water partition coefficient (Wildman–Crippen LogP) is 3.13. The van der Waals surface area contributed by atoms with Crippen molar-refractivity contribution in [1.29, 1.82) is 0 Å². The Morgan fingerprint density at radius 2 is 2.00 bits per heavy atom. The van der Waals surface area contributed by atoms with Gasteiger partial charge in [0.25, 0.3) is 12.1 Å². The third-order valence-electron chi connectivity index (χ3n) is 1.79. The third kappa shape index (κ3) is 3.25. The molecule has 0 unspecified atom stereocenters. The summed E-state index contributed by atoms with van der Waals surface area (Å²) in [5, 5.41) is 10.4. The van der Waals surface area contributed by atoms with Gasteiger partial charge in [-0.05, 0) is 6.92 Å². The van der Waals surface area contributed by atoms with Gasteiger partial charge in [-0.1, -0.05) is 0 Å². The summed E-state index contributed by atoms with van der Waals surface area (Å²) in [6.07, 6.45) is -8.51. The number of nitrogens with zero attached hydrogens (tertiary/aromatic N) is 2. The first-order valence-corrected chi connectivity index (χ1v) is 4.31. The zero-order valence-corrected chi connectivity index (χ0v) is 8.66. The second-order valence-corrected chi connectivity index (χ2v) is 3.12. The van der Waals surface area contributed by atoms with E-state index in [4.69, 9.17) is 0 Å². The van der Waals surface area contributed by atoms with Gasteiger partial charge in [0, 0.05) is 11.6 Å². The van der Waals surface area contributed by atoms with Gasteiger partial charge in [0.05, 0.1) is 4.92 Å². The van der Waals surface area contributed by atoms with Crippen LogP contribution in [-0.4, -0.2) is 16.3 Å². The monoisotopic (exact) mass is 272 g/mol. The van der Waals surface area contributed by atoms with Gasteiger partial charge in [-0.3, -0.25) is 10.1 Å². The maximum absolute atomic E-state index is 12.4. The topological polar surface area (TPSA) is 65.3 Å². The van der Waals surface area contributed by atoms with Crippen LogP contribution in [0.5, 0.6) is 5.88 Å². The molecule has 0 bridgehead atoms. The zero-order valence-electron chi connectivity index (χ0n) is 8.66. The Kier molecular flexibility index (Phi) is 3.67. The molecule has 0 atom stereocenters. The maximum atomic E-state index is 12.4. The van der Waals surface area contributed by atoms with E-state index in [2.05, 4.69) is 9.72 Å². The molecule has 10 heteroatoms. The number of hydrogen-bond donors (Lipinski definition) is 0. The van der Waals surface area contributed by atoms with Gasteiger partial charge in [-0.2, -0.15) is 0 Å². The number of hydrogen-bond acceptors (Lipinski definition) is 4. The molecule has 0 aromatic carbocycles. The molecule has 0 N–H and O–H groups in total. The molecule has 0 spiro atoms. The van der Waals surface area contributed by atoms with Crippen LogP contribution < -0.4 is 4.74 Å². The molecule has 0 aliphatic heterocycles. The van der Waals surface area contributed by atoms with Crippen LogP contribution in [0, 0.1) is 17.0 Å².